The Hall–Kier alpha value is -3.88. The number of carbonyl (C=O) groups excluding carboxylic acids is 2. The van der Waals surface area contributed by atoms with Gasteiger partial charge in [0.15, 0.2) is 0 Å². The molecule has 0 saturated heterocycles. The summed E-state index contributed by atoms with van der Waals surface area (Å²) in [5.74, 6) is 1.09. The third-order valence-corrected chi connectivity index (χ3v) is 3.88. The van der Waals surface area contributed by atoms with Gasteiger partial charge in [0.25, 0.3) is 0 Å². The summed E-state index contributed by atoms with van der Waals surface area (Å²) in [5, 5.41) is 8.24. The Kier molecular flexibility index (Phi) is 7.16. The predicted octanol–water partition coefficient (Wildman–Crippen LogP) is 1.72. The van der Waals surface area contributed by atoms with Crippen LogP contribution in [0.25, 0.3) is 5.82 Å². The lowest BCUT2D eigenvalue weighted by Crippen LogP contribution is -2.38. The molecule has 2 heterocycles. The van der Waals surface area contributed by atoms with E-state index in [9.17, 15) is 9.59 Å². The molecule has 1 aromatic carbocycles. The minimum Gasteiger partial charge on any atom is -0.445 e. The summed E-state index contributed by atoms with van der Waals surface area (Å²) in [6.45, 7) is 0.857. The number of alkyl carbamates (subject to hydrolysis) is 1. The summed E-state index contributed by atoms with van der Waals surface area (Å²) in [6.07, 6.45) is 4.62. The third kappa shape index (κ3) is 6.65. The molecule has 0 aliphatic heterocycles. The van der Waals surface area contributed by atoms with Crippen LogP contribution in [0.3, 0.4) is 0 Å². The summed E-state index contributed by atoms with van der Waals surface area (Å²) in [7, 11) is 0. The van der Waals surface area contributed by atoms with Crippen molar-refractivity contribution in [2.75, 3.05) is 25.0 Å². The van der Waals surface area contributed by atoms with Gasteiger partial charge in [0.05, 0.1) is 6.54 Å². The van der Waals surface area contributed by atoms with Crippen molar-refractivity contribution in [3.05, 3.63) is 72.8 Å². The fourth-order valence-electron chi connectivity index (χ4n) is 2.45. The van der Waals surface area contributed by atoms with Gasteiger partial charge in [-0.2, -0.15) is 0 Å². The van der Waals surface area contributed by atoms with E-state index in [-0.39, 0.29) is 19.1 Å². The summed E-state index contributed by atoms with van der Waals surface area (Å²) in [4.78, 5) is 31.8. The van der Waals surface area contributed by atoms with E-state index in [0.29, 0.717) is 18.9 Å². The number of carbonyl (C=O) groups is 2. The van der Waals surface area contributed by atoms with Crippen molar-refractivity contribution in [2.24, 2.45) is 0 Å². The normalized spacial score (nSPS) is 10.2. The van der Waals surface area contributed by atoms with Crippen LogP contribution in [0.2, 0.25) is 0 Å². The molecule has 150 valence electrons. The van der Waals surface area contributed by atoms with E-state index in [0.717, 1.165) is 11.4 Å². The van der Waals surface area contributed by atoms with E-state index >= 15 is 0 Å². The summed E-state index contributed by atoms with van der Waals surface area (Å²) >= 11 is 0. The molecule has 3 aromatic rings. The molecule has 0 spiro atoms. The monoisotopic (exact) mass is 394 g/mol. The van der Waals surface area contributed by atoms with Crippen LogP contribution < -0.4 is 16.0 Å². The van der Waals surface area contributed by atoms with E-state index in [1.54, 1.807) is 0 Å². The molecule has 0 atom stereocenters. The van der Waals surface area contributed by atoms with E-state index < -0.39 is 6.09 Å². The number of rotatable bonds is 9. The number of ether oxygens (including phenoxy) is 1. The topological polar surface area (TPSA) is 110 Å². The average Bonchev–Trinajstić information content (AvgIpc) is 3.30. The first-order chi connectivity index (χ1) is 14.2. The second kappa shape index (κ2) is 10.5. The van der Waals surface area contributed by atoms with Gasteiger partial charge in [-0.1, -0.05) is 30.3 Å². The third-order valence-electron chi connectivity index (χ3n) is 3.88. The zero-order chi connectivity index (χ0) is 20.3. The zero-order valence-electron chi connectivity index (χ0n) is 15.7. The molecule has 9 nitrogen and oxygen atoms in total. The van der Waals surface area contributed by atoms with Crippen LogP contribution in [-0.2, 0) is 16.1 Å². The van der Waals surface area contributed by atoms with Crippen LogP contribution in [-0.4, -0.2) is 46.2 Å². The minimum absolute atomic E-state index is 0.154. The number of nitrogens with zero attached hydrogens (tertiary/aromatic N) is 3. The SMILES string of the molecule is O=C(CNC(=O)OCc1ccccc1)NCCNc1cc(-n2cccc2)ncn1. The van der Waals surface area contributed by atoms with Crippen molar-refractivity contribution in [3.63, 3.8) is 0 Å². The Morgan fingerprint density at radius 1 is 0.966 bits per heavy atom. The second-order valence-corrected chi connectivity index (χ2v) is 6.04. The van der Waals surface area contributed by atoms with Crippen molar-refractivity contribution < 1.29 is 14.3 Å². The van der Waals surface area contributed by atoms with Crippen molar-refractivity contribution in [2.45, 2.75) is 6.61 Å². The number of nitrogens with one attached hydrogen (secondary N) is 3. The standard InChI is InChI=1S/C20H22N6O3/c27-19(13-23-20(28)29-14-16-6-2-1-3-7-16)22-9-8-21-17-12-18(25-15-24-17)26-10-4-5-11-26/h1-7,10-12,15H,8-9,13-14H2,(H,22,27)(H,23,28)(H,21,24,25). The molecule has 0 saturated carbocycles. The van der Waals surface area contributed by atoms with Gasteiger partial charge in [-0.25, -0.2) is 14.8 Å². The second-order valence-electron chi connectivity index (χ2n) is 6.04. The minimum atomic E-state index is -0.638. The maximum absolute atomic E-state index is 11.8. The Morgan fingerprint density at radius 3 is 2.55 bits per heavy atom. The van der Waals surface area contributed by atoms with Crippen molar-refractivity contribution in [1.82, 2.24) is 25.2 Å². The van der Waals surface area contributed by atoms with Gasteiger partial charge in [-0.15, -0.1) is 0 Å². The largest absolute Gasteiger partial charge is 0.445 e. The maximum atomic E-state index is 11.8. The lowest BCUT2D eigenvalue weighted by molar-refractivity contribution is -0.120. The molecule has 0 fully saturated rings. The predicted molar refractivity (Wildman–Crippen MR) is 107 cm³/mol. The lowest BCUT2D eigenvalue weighted by Gasteiger charge is -2.09. The molecule has 0 unspecified atom stereocenters. The molecule has 2 amide bonds. The highest BCUT2D eigenvalue weighted by Crippen LogP contribution is 2.08. The van der Waals surface area contributed by atoms with Gasteiger partial charge in [-0.3, -0.25) is 4.79 Å². The molecular weight excluding hydrogens is 372 g/mol. The molecular formula is C20H22N6O3. The Bertz CT molecular complexity index is 915. The smallest absolute Gasteiger partial charge is 0.407 e. The van der Waals surface area contributed by atoms with Gasteiger partial charge < -0.3 is 25.3 Å². The van der Waals surface area contributed by atoms with Crippen LogP contribution in [0.5, 0.6) is 0 Å². The van der Waals surface area contributed by atoms with Crippen LogP contribution in [0.1, 0.15) is 5.56 Å². The molecule has 3 N–H and O–H groups in total. The van der Waals surface area contributed by atoms with E-state index in [1.165, 1.54) is 6.33 Å². The van der Waals surface area contributed by atoms with E-state index in [1.807, 2.05) is 65.5 Å². The molecule has 0 aliphatic carbocycles. The fraction of sp³-hybridized carbons (Fsp3) is 0.200. The van der Waals surface area contributed by atoms with Crippen LogP contribution in [0, 0.1) is 0 Å². The molecule has 9 heteroatoms. The van der Waals surface area contributed by atoms with Crippen LogP contribution >= 0.6 is 0 Å². The Labute approximate surface area is 168 Å². The number of hydrogen-bond acceptors (Lipinski definition) is 6. The van der Waals surface area contributed by atoms with Crippen LogP contribution in [0.4, 0.5) is 10.6 Å². The lowest BCUT2D eigenvalue weighted by atomic mass is 10.2. The highest BCUT2D eigenvalue weighted by atomic mass is 16.5. The molecule has 29 heavy (non-hydrogen) atoms. The highest BCUT2D eigenvalue weighted by Gasteiger charge is 2.06. The van der Waals surface area contributed by atoms with Gasteiger partial charge in [0.2, 0.25) is 5.91 Å². The van der Waals surface area contributed by atoms with Crippen molar-refractivity contribution in [1.29, 1.82) is 0 Å². The maximum Gasteiger partial charge on any atom is 0.407 e. The van der Waals surface area contributed by atoms with E-state index in [2.05, 4.69) is 25.9 Å². The van der Waals surface area contributed by atoms with Crippen molar-refractivity contribution >= 4 is 17.8 Å². The number of hydrogen-bond donors (Lipinski definition) is 3. The summed E-state index contributed by atoms with van der Waals surface area (Å²) < 4.78 is 6.92. The molecule has 2 aromatic heterocycles. The fourth-order valence-corrected chi connectivity index (χ4v) is 2.45. The van der Waals surface area contributed by atoms with Gasteiger partial charge in [0, 0.05) is 31.5 Å². The quantitative estimate of drug-likeness (QED) is 0.477. The zero-order valence-corrected chi connectivity index (χ0v) is 15.7. The first-order valence-corrected chi connectivity index (χ1v) is 9.11. The Morgan fingerprint density at radius 2 is 1.76 bits per heavy atom. The van der Waals surface area contributed by atoms with Gasteiger partial charge in [-0.05, 0) is 17.7 Å². The molecule has 3 rings (SSSR count). The summed E-state index contributed by atoms with van der Waals surface area (Å²) in [6, 6.07) is 15.0. The first kappa shape index (κ1) is 19.9. The van der Waals surface area contributed by atoms with Crippen molar-refractivity contribution in [3.8, 4) is 5.82 Å². The first-order valence-electron chi connectivity index (χ1n) is 9.11. The Balaban J connectivity index is 1.30. The number of aromatic nitrogens is 3. The number of amides is 2. The number of anilines is 1. The average molecular weight is 394 g/mol. The van der Waals surface area contributed by atoms with E-state index in [4.69, 9.17) is 4.74 Å². The molecule has 0 bridgehead atoms. The molecule has 0 aliphatic rings. The van der Waals surface area contributed by atoms with Crippen LogP contribution in [0.15, 0.2) is 67.3 Å². The van der Waals surface area contributed by atoms with Gasteiger partial charge >= 0.3 is 6.09 Å². The molecule has 0 radical (unpaired) electrons. The summed E-state index contributed by atoms with van der Waals surface area (Å²) in [5.41, 5.74) is 0.878. The van der Waals surface area contributed by atoms with Gasteiger partial charge in [0.1, 0.15) is 24.6 Å². The number of benzene rings is 1. The highest BCUT2D eigenvalue weighted by molar-refractivity contribution is 5.82.